The highest BCUT2D eigenvalue weighted by Gasteiger charge is 2.33. The quantitative estimate of drug-likeness (QED) is 0.578. The van der Waals surface area contributed by atoms with E-state index in [1.165, 1.54) is 0 Å². The Balaban J connectivity index is 2.31. The van der Waals surface area contributed by atoms with E-state index >= 15 is 0 Å². The molecule has 2 N–H and O–H groups in total. The Morgan fingerprint density at radius 1 is 1.85 bits per heavy atom. The zero-order chi connectivity index (χ0) is 9.42. The van der Waals surface area contributed by atoms with Crippen LogP contribution in [0.15, 0.2) is 17.0 Å². The van der Waals surface area contributed by atoms with Gasteiger partial charge in [0.15, 0.2) is 0 Å². The smallest absolute Gasteiger partial charge is 0.352 e. The number of nitrogens with one attached hydrogen (secondary N) is 1. The highest BCUT2D eigenvalue weighted by molar-refractivity contribution is 6.38. The van der Waals surface area contributed by atoms with E-state index in [4.69, 9.17) is 5.11 Å². The van der Waals surface area contributed by atoms with Crippen LogP contribution >= 0.6 is 0 Å². The zero-order valence-corrected chi connectivity index (χ0v) is 7.32. The number of rotatable bonds is 1. The van der Waals surface area contributed by atoms with Crippen molar-refractivity contribution in [2.75, 3.05) is 13.1 Å². The van der Waals surface area contributed by atoms with Crippen molar-refractivity contribution in [3.63, 3.8) is 0 Å². The van der Waals surface area contributed by atoms with Crippen molar-refractivity contribution in [2.45, 2.75) is 13.0 Å². The predicted molar refractivity (Wildman–Crippen MR) is 47.3 cm³/mol. The topological polar surface area (TPSA) is 64.9 Å². The Labute approximate surface area is 75.8 Å². The van der Waals surface area contributed by atoms with E-state index in [2.05, 4.69) is 10.3 Å². The SMILES string of the molecule is CC1C(C(=O)O)=NC2=CNCCN21. The van der Waals surface area contributed by atoms with E-state index < -0.39 is 5.97 Å². The third kappa shape index (κ3) is 1.16. The summed E-state index contributed by atoms with van der Waals surface area (Å²) < 4.78 is 0. The average molecular weight is 181 g/mol. The number of carboxylic acids is 1. The molecule has 0 spiro atoms. The normalized spacial score (nSPS) is 25.9. The minimum Gasteiger partial charge on any atom is -0.477 e. The van der Waals surface area contributed by atoms with Gasteiger partial charge in [0.25, 0.3) is 0 Å². The fourth-order valence-corrected chi connectivity index (χ4v) is 1.63. The van der Waals surface area contributed by atoms with Crippen molar-refractivity contribution in [3.8, 4) is 0 Å². The molecular formula is C8H11N3O2. The maximum atomic E-state index is 10.8. The predicted octanol–water partition coefficient (Wildman–Crippen LogP) is -0.382. The monoisotopic (exact) mass is 181 g/mol. The lowest BCUT2D eigenvalue weighted by Crippen LogP contribution is -2.41. The number of carbonyl (C=O) groups is 1. The lowest BCUT2D eigenvalue weighted by Gasteiger charge is -2.27. The van der Waals surface area contributed by atoms with Gasteiger partial charge in [-0.25, -0.2) is 9.79 Å². The Morgan fingerprint density at radius 3 is 3.23 bits per heavy atom. The molecule has 13 heavy (non-hydrogen) atoms. The molecule has 2 heterocycles. The van der Waals surface area contributed by atoms with Gasteiger partial charge >= 0.3 is 5.97 Å². The van der Waals surface area contributed by atoms with Crippen LogP contribution in [0.2, 0.25) is 0 Å². The second-order valence-corrected chi connectivity index (χ2v) is 3.13. The first-order valence-electron chi connectivity index (χ1n) is 4.22. The van der Waals surface area contributed by atoms with Crippen LogP contribution in [0.25, 0.3) is 0 Å². The summed E-state index contributed by atoms with van der Waals surface area (Å²) in [7, 11) is 0. The third-order valence-electron chi connectivity index (χ3n) is 2.34. The third-order valence-corrected chi connectivity index (χ3v) is 2.34. The molecule has 2 rings (SSSR count). The van der Waals surface area contributed by atoms with Crippen LogP contribution < -0.4 is 5.32 Å². The molecule has 0 fully saturated rings. The van der Waals surface area contributed by atoms with Gasteiger partial charge in [0.05, 0.1) is 6.04 Å². The number of fused-ring (bicyclic) bond motifs is 1. The molecule has 0 saturated carbocycles. The Kier molecular flexibility index (Phi) is 1.72. The van der Waals surface area contributed by atoms with Gasteiger partial charge in [0.2, 0.25) is 0 Å². The minimum atomic E-state index is -0.928. The first kappa shape index (κ1) is 8.10. The van der Waals surface area contributed by atoms with E-state index in [1.807, 2.05) is 11.8 Å². The van der Waals surface area contributed by atoms with E-state index in [0.29, 0.717) is 0 Å². The summed E-state index contributed by atoms with van der Waals surface area (Å²) in [5, 5.41) is 11.9. The van der Waals surface area contributed by atoms with Gasteiger partial charge in [-0.05, 0) is 6.92 Å². The summed E-state index contributed by atoms with van der Waals surface area (Å²) in [6.07, 6.45) is 1.76. The summed E-state index contributed by atoms with van der Waals surface area (Å²) in [5.41, 5.74) is 0.231. The van der Waals surface area contributed by atoms with E-state index in [-0.39, 0.29) is 11.8 Å². The second kappa shape index (κ2) is 2.76. The second-order valence-electron chi connectivity index (χ2n) is 3.13. The molecule has 1 unspecified atom stereocenters. The van der Waals surface area contributed by atoms with Crippen LogP contribution in [-0.2, 0) is 4.79 Å². The first-order valence-corrected chi connectivity index (χ1v) is 4.22. The van der Waals surface area contributed by atoms with E-state index in [1.54, 1.807) is 6.20 Å². The Hall–Kier alpha value is -1.52. The summed E-state index contributed by atoms with van der Waals surface area (Å²) in [6.45, 7) is 3.52. The van der Waals surface area contributed by atoms with Crippen molar-refractivity contribution in [1.29, 1.82) is 0 Å². The summed E-state index contributed by atoms with van der Waals surface area (Å²) in [4.78, 5) is 16.8. The van der Waals surface area contributed by atoms with Gasteiger partial charge in [-0.2, -0.15) is 0 Å². The molecular weight excluding hydrogens is 170 g/mol. The highest BCUT2D eigenvalue weighted by Crippen LogP contribution is 2.21. The van der Waals surface area contributed by atoms with Crippen LogP contribution in [0.1, 0.15) is 6.92 Å². The van der Waals surface area contributed by atoms with Crippen molar-refractivity contribution in [3.05, 3.63) is 12.0 Å². The standard InChI is InChI=1S/C8H11N3O2/c1-5-7(8(12)13)10-6-4-9-2-3-11(5)6/h4-5,9H,2-3H2,1H3,(H,12,13). The van der Waals surface area contributed by atoms with E-state index in [0.717, 1.165) is 18.9 Å². The van der Waals surface area contributed by atoms with Gasteiger partial charge in [-0.3, -0.25) is 0 Å². The van der Waals surface area contributed by atoms with Crippen LogP contribution in [0, 0.1) is 0 Å². The molecule has 1 atom stereocenters. The first-order chi connectivity index (χ1) is 6.20. The fraction of sp³-hybridized carbons (Fsp3) is 0.500. The molecule has 2 aliphatic rings. The Morgan fingerprint density at radius 2 is 2.62 bits per heavy atom. The van der Waals surface area contributed by atoms with Crippen LogP contribution in [0.5, 0.6) is 0 Å². The number of aliphatic imine (C=N–C) groups is 1. The fourth-order valence-electron chi connectivity index (χ4n) is 1.63. The molecule has 5 heteroatoms. The van der Waals surface area contributed by atoms with Crippen molar-refractivity contribution in [2.24, 2.45) is 4.99 Å². The van der Waals surface area contributed by atoms with Gasteiger partial charge in [0.1, 0.15) is 11.5 Å². The summed E-state index contributed by atoms with van der Waals surface area (Å²) in [6, 6.07) is -0.106. The van der Waals surface area contributed by atoms with Crippen molar-refractivity contribution < 1.29 is 9.90 Å². The molecule has 0 aliphatic carbocycles. The van der Waals surface area contributed by atoms with Gasteiger partial charge in [-0.15, -0.1) is 0 Å². The number of hydrogen-bond donors (Lipinski definition) is 2. The number of nitrogens with zero attached hydrogens (tertiary/aromatic N) is 2. The number of hydrogen-bond acceptors (Lipinski definition) is 4. The van der Waals surface area contributed by atoms with Gasteiger partial charge in [-0.1, -0.05) is 0 Å². The number of aliphatic carboxylic acids is 1. The van der Waals surface area contributed by atoms with Crippen LogP contribution in [0.4, 0.5) is 0 Å². The molecule has 0 aromatic carbocycles. The molecule has 0 radical (unpaired) electrons. The average Bonchev–Trinajstić information content (AvgIpc) is 2.45. The molecule has 0 bridgehead atoms. The van der Waals surface area contributed by atoms with Crippen LogP contribution in [-0.4, -0.2) is 40.8 Å². The highest BCUT2D eigenvalue weighted by atomic mass is 16.4. The molecule has 2 aliphatic heterocycles. The molecule has 0 aromatic rings. The molecule has 0 amide bonds. The molecule has 0 saturated heterocycles. The number of carboxylic acid groups (broad SMARTS) is 1. The zero-order valence-electron chi connectivity index (χ0n) is 7.32. The summed E-state index contributed by atoms with van der Waals surface area (Å²) >= 11 is 0. The molecule has 0 aromatic heterocycles. The maximum absolute atomic E-state index is 10.8. The van der Waals surface area contributed by atoms with Gasteiger partial charge < -0.3 is 15.3 Å². The maximum Gasteiger partial charge on any atom is 0.352 e. The van der Waals surface area contributed by atoms with Gasteiger partial charge in [0, 0.05) is 19.3 Å². The van der Waals surface area contributed by atoms with Crippen molar-refractivity contribution >= 4 is 11.7 Å². The lowest BCUT2D eigenvalue weighted by molar-refractivity contribution is -0.129. The van der Waals surface area contributed by atoms with E-state index in [9.17, 15) is 4.79 Å². The summed E-state index contributed by atoms with van der Waals surface area (Å²) in [5.74, 6) is -0.195. The van der Waals surface area contributed by atoms with Crippen LogP contribution in [0.3, 0.4) is 0 Å². The largest absolute Gasteiger partial charge is 0.477 e. The molecule has 5 nitrogen and oxygen atoms in total. The Bertz CT molecular complexity index is 309. The lowest BCUT2D eigenvalue weighted by atomic mass is 10.2. The minimum absolute atomic E-state index is 0.106. The molecule has 70 valence electrons. The van der Waals surface area contributed by atoms with Crippen molar-refractivity contribution in [1.82, 2.24) is 10.2 Å².